The predicted octanol–water partition coefficient (Wildman–Crippen LogP) is 2.30. The van der Waals surface area contributed by atoms with Gasteiger partial charge in [-0.15, -0.1) is 0 Å². The average molecular weight is 288 g/mol. The third-order valence-corrected chi connectivity index (χ3v) is 5.11. The molecule has 116 valence electrons. The van der Waals surface area contributed by atoms with E-state index >= 15 is 0 Å². The third kappa shape index (κ3) is 4.29. The highest BCUT2D eigenvalue weighted by atomic mass is 16.5. The Labute approximate surface area is 128 Å². The monoisotopic (exact) mass is 288 g/mol. The maximum atomic E-state index is 6.35. The van der Waals surface area contributed by atoms with Gasteiger partial charge in [-0.3, -0.25) is 0 Å². The summed E-state index contributed by atoms with van der Waals surface area (Å²) in [5.74, 6) is 1.42. The molecule has 0 bridgehead atoms. The fourth-order valence-corrected chi connectivity index (χ4v) is 3.66. The number of nitrogens with two attached hydrogens (primary N) is 1. The first kappa shape index (κ1) is 15.0. The summed E-state index contributed by atoms with van der Waals surface area (Å²) in [6.07, 6.45) is 4.99. The van der Waals surface area contributed by atoms with E-state index in [9.17, 15) is 0 Å². The van der Waals surface area contributed by atoms with Gasteiger partial charge in [0.25, 0.3) is 0 Å². The maximum Gasteiger partial charge on any atom is 0.0510 e. The van der Waals surface area contributed by atoms with Crippen molar-refractivity contribution in [3.05, 3.63) is 35.9 Å². The molecule has 2 unspecified atom stereocenters. The zero-order valence-electron chi connectivity index (χ0n) is 12.9. The summed E-state index contributed by atoms with van der Waals surface area (Å²) in [5, 5.41) is 0. The largest absolute Gasteiger partial charge is 0.381 e. The smallest absolute Gasteiger partial charge is 0.0510 e. The average Bonchev–Trinajstić information content (AvgIpc) is 3.05. The van der Waals surface area contributed by atoms with Gasteiger partial charge in [0.1, 0.15) is 0 Å². The zero-order valence-corrected chi connectivity index (χ0v) is 12.9. The molecule has 1 aromatic rings. The van der Waals surface area contributed by atoms with Crippen molar-refractivity contribution >= 4 is 0 Å². The molecule has 2 heterocycles. The molecule has 21 heavy (non-hydrogen) atoms. The Hall–Kier alpha value is -0.900. The Kier molecular flexibility index (Phi) is 5.28. The normalized spacial score (nSPS) is 26.0. The lowest BCUT2D eigenvalue weighted by atomic mass is 9.89. The minimum Gasteiger partial charge on any atom is -0.381 e. The molecule has 0 amide bonds. The lowest BCUT2D eigenvalue weighted by Gasteiger charge is -2.34. The van der Waals surface area contributed by atoms with Gasteiger partial charge in [0.2, 0.25) is 0 Å². The van der Waals surface area contributed by atoms with Crippen LogP contribution in [0.4, 0.5) is 0 Å². The fraction of sp³-hybridized carbons (Fsp3) is 0.667. The summed E-state index contributed by atoms with van der Waals surface area (Å²) in [7, 11) is 0. The summed E-state index contributed by atoms with van der Waals surface area (Å²) in [6.45, 7) is 5.23. The van der Waals surface area contributed by atoms with E-state index in [0.29, 0.717) is 5.92 Å². The lowest BCUT2D eigenvalue weighted by molar-refractivity contribution is 0.148. The molecule has 1 aromatic carbocycles. The molecule has 0 aromatic heterocycles. The van der Waals surface area contributed by atoms with Crippen molar-refractivity contribution < 1.29 is 4.74 Å². The van der Waals surface area contributed by atoms with Crippen LogP contribution < -0.4 is 5.73 Å². The Bertz CT molecular complexity index is 408. The Morgan fingerprint density at radius 2 is 1.90 bits per heavy atom. The number of hydrogen-bond donors (Lipinski definition) is 1. The van der Waals surface area contributed by atoms with Crippen LogP contribution in [0, 0.1) is 11.8 Å². The molecule has 2 aliphatic rings. The second-order valence-corrected chi connectivity index (χ2v) is 6.72. The molecular weight excluding hydrogens is 260 g/mol. The van der Waals surface area contributed by atoms with E-state index in [1.54, 1.807) is 0 Å². The first-order valence-electron chi connectivity index (χ1n) is 8.41. The van der Waals surface area contributed by atoms with Gasteiger partial charge in [0.15, 0.2) is 0 Å². The number of benzene rings is 1. The first-order chi connectivity index (χ1) is 10.3. The highest BCUT2D eigenvalue weighted by Crippen LogP contribution is 2.23. The summed E-state index contributed by atoms with van der Waals surface area (Å²) in [4.78, 5) is 2.56. The highest BCUT2D eigenvalue weighted by Gasteiger charge is 2.26. The zero-order chi connectivity index (χ0) is 14.5. The number of piperidine rings is 1. The van der Waals surface area contributed by atoms with E-state index in [2.05, 4.69) is 35.2 Å². The second-order valence-electron chi connectivity index (χ2n) is 6.72. The van der Waals surface area contributed by atoms with Gasteiger partial charge in [-0.2, -0.15) is 0 Å². The van der Waals surface area contributed by atoms with Crippen molar-refractivity contribution in [1.29, 1.82) is 0 Å². The molecule has 3 heteroatoms. The van der Waals surface area contributed by atoms with Crippen LogP contribution in [0.2, 0.25) is 0 Å². The maximum absolute atomic E-state index is 6.35. The summed E-state index contributed by atoms with van der Waals surface area (Å²) in [5.41, 5.74) is 7.83. The van der Waals surface area contributed by atoms with Crippen LogP contribution in [-0.2, 0) is 11.2 Å². The van der Waals surface area contributed by atoms with E-state index < -0.39 is 0 Å². The summed E-state index contributed by atoms with van der Waals surface area (Å²) < 4.78 is 5.45. The molecule has 0 saturated carbocycles. The van der Waals surface area contributed by atoms with Crippen LogP contribution in [0.5, 0.6) is 0 Å². The van der Waals surface area contributed by atoms with Crippen LogP contribution in [-0.4, -0.2) is 43.8 Å². The van der Waals surface area contributed by atoms with Crippen LogP contribution in [0.1, 0.15) is 24.8 Å². The van der Waals surface area contributed by atoms with E-state index in [4.69, 9.17) is 10.5 Å². The van der Waals surface area contributed by atoms with Crippen LogP contribution in [0.15, 0.2) is 30.3 Å². The Morgan fingerprint density at radius 1 is 1.14 bits per heavy atom. The molecule has 2 aliphatic heterocycles. The van der Waals surface area contributed by atoms with Crippen LogP contribution >= 0.6 is 0 Å². The molecule has 2 fully saturated rings. The van der Waals surface area contributed by atoms with Gasteiger partial charge >= 0.3 is 0 Å². The number of hydrogen-bond acceptors (Lipinski definition) is 3. The van der Waals surface area contributed by atoms with Gasteiger partial charge in [0, 0.05) is 25.1 Å². The van der Waals surface area contributed by atoms with E-state index in [0.717, 1.165) is 32.1 Å². The van der Waals surface area contributed by atoms with Crippen molar-refractivity contribution in [2.75, 3.05) is 32.8 Å². The Morgan fingerprint density at radius 3 is 2.57 bits per heavy atom. The van der Waals surface area contributed by atoms with Gasteiger partial charge in [0.05, 0.1) is 6.61 Å². The van der Waals surface area contributed by atoms with E-state index in [1.807, 2.05) is 0 Å². The minimum absolute atomic E-state index is 0.290. The van der Waals surface area contributed by atoms with E-state index in [1.165, 1.54) is 37.9 Å². The van der Waals surface area contributed by atoms with Gasteiger partial charge in [-0.1, -0.05) is 30.3 Å². The topological polar surface area (TPSA) is 38.5 Å². The summed E-state index contributed by atoms with van der Waals surface area (Å²) in [6, 6.07) is 11.2. The molecular formula is C18H28N2O. The van der Waals surface area contributed by atoms with Gasteiger partial charge in [-0.25, -0.2) is 0 Å². The SMILES string of the molecule is NC(CN1CCC(Cc2ccccc2)CC1)C1CCOC1. The predicted molar refractivity (Wildman–Crippen MR) is 86.2 cm³/mol. The number of ether oxygens (including phenoxy) is 1. The van der Waals surface area contributed by atoms with Crippen molar-refractivity contribution in [3.63, 3.8) is 0 Å². The second kappa shape index (κ2) is 7.39. The number of likely N-dealkylation sites (tertiary alicyclic amines) is 1. The molecule has 3 rings (SSSR count). The minimum atomic E-state index is 0.290. The molecule has 3 nitrogen and oxygen atoms in total. The van der Waals surface area contributed by atoms with Crippen molar-refractivity contribution in [2.24, 2.45) is 17.6 Å². The molecule has 2 saturated heterocycles. The summed E-state index contributed by atoms with van der Waals surface area (Å²) >= 11 is 0. The van der Waals surface area contributed by atoms with Crippen molar-refractivity contribution in [1.82, 2.24) is 4.90 Å². The van der Waals surface area contributed by atoms with Crippen LogP contribution in [0.3, 0.4) is 0 Å². The molecule has 2 atom stereocenters. The Balaban J connectivity index is 1.40. The van der Waals surface area contributed by atoms with Crippen molar-refractivity contribution in [2.45, 2.75) is 31.7 Å². The van der Waals surface area contributed by atoms with Crippen molar-refractivity contribution in [3.8, 4) is 0 Å². The number of rotatable bonds is 5. The number of nitrogens with zero attached hydrogens (tertiary/aromatic N) is 1. The first-order valence-corrected chi connectivity index (χ1v) is 8.41. The van der Waals surface area contributed by atoms with Gasteiger partial charge < -0.3 is 15.4 Å². The molecule has 0 radical (unpaired) electrons. The molecule has 2 N–H and O–H groups in total. The fourth-order valence-electron chi connectivity index (χ4n) is 3.66. The molecule has 0 spiro atoms. The molecule has 0 aliphatic carbocycles. The highest BCUT2D eigenvalue weighted by molar-refractivity contribution is 5.15. The van der Waals surface area contributed by atoms with E-state index in [-0.39, 0.29) is 6.04 Å². The standard InChI is InChI=1S/C18H28N2O/c19-18(17-8-11-21-14-17)13-20-9-6-16(7-10-20)12-15-4-2-1-3-5-15/h1-5,16-18H,6-14,19H2. The quantitative estimate of drug-likeness (QED) is 0.903. The lowest BCUT2D eigenvalue weighted by Crippen LogP contribution is -2.45. The van der Waals surface area contributed by atoms with Crippen LogP contribution in [0.25, 0.3) is 0 Å². The third-order valence-electron chi connectivity index (χ3n) is 5.11. The van der Waals surface area contributed by atoms with Gasteiger partial charge in [-0.05, 0) is 50.3 Å².